The van der Waals surface area contributed by atoms with Crippen molar-refractivity contribution < 1.29 is 14.3 Å². The minimum atomic E-state index is -0.508. The summed E-state index contributed by atoms with van der Waals surface area (Å²) in [5.74, 6) is -0.553. The first-order valence-electron chi connectivity index (χ1n) is 10.1. The molecule has 8 heteroatoms. The van der Waals surface area contributed by atoms with Gasteiger partial charge in [0.25, 0.3) is 0 Å². The van der Waals surface area contributed by atoms with Crippen LogP contribution in [0.5, 0.6) is 5.75 Å². The molecule has 1 aromatic heterocycles. The quantitative estimate of drug-likeness (QED) is 0.407. The van der Waals surface area contributed by atoms with Crippen molar-refractivity contribution in [3.63, 3.8) is 0 Å². The first-order valence-corrected chi connectivity index (χ1v) is 11.3. The molecule has 0 radical (unpaired) electrons. The molecule has 162 valence electrons. The van der Waals surface area contributed by atoms with E-state index in [0.717, 1.165) is 15.8 Å². The number of phenols is 1. The van der Waals surface area contributed by atoms with E-state index in [1.807, 2.05) is 24.3 Å². The van der Waals surface area contributed by atoms with Gasteiger partial charge in [-0.05, 0) is 52.1 Å². The molecule has 1 aliphatic rings. The molecule has 4 aromatic rings. The number of amides is 1. The number of carbonyl (C=O) groups is 1. The molecule has 1 saturated heterocycles. The van der Waals surface area contributed by atoms with Crippen LogP contribution in [0.2, 0.25) is 5.02 Å². The zero-order valence-electron chi connectivity index (χ0n) is 17.0. The van der Waals surface area contributed by atoms with Crippen molar-refractivity contribution >= 4 is 55.7 Å². The summed E-state index contributed by atoms with van der Waals surface area (Å²) >= 11 is 7.84. The largest absolute Gasteiger partial charge is 0.508 e. The SMILES string of the molecule is C=CC(=O)N1CCN(c2snc3c(F)c(-c4cc(O)cc5ccccc45)c(Cl)cc23)CC1. The number of rotatable bonds is 3. The Kier molecular flexibility index (Phi) is 5.23. The van der Waals surface area contributed by atoms with Gasteiger partial charge in [-0.1, -0.05) is 42.4 Å². The van der Waals surface area contributed by atoms with Crippen molar-refractivity contribution in [3.8, 4) is 16.9 Å². The van der Waals surface area contributed by atoms with Gasteiger partial charge in [0.1, 0.15) is 16.3 Å². The molecule has 0 saturated carbocycles. The maximum Gasteiger partial charge on any atom is 0.246 e. The zero-order chi connectivity index (χ0) is 22.4. The Morgan fingerprint density at radius 2 is 1.91 bits per heavy atom. The lowest BCUT2D eigenvalue weighted by Crippen LogP contribution is -2.48. The number of carbonyl (C=O) groups excluding carboxylic acids is 1. The van der Waals surface area contributed by atoms with Crippen molar-refractivity contribution in [3.05, 3.63) is 66.0 Å². The van der Waals surface area contributed by atoms with Gasteiger partial charge in [-0.25, -0.2) is 4.39 Å². The predicted octanol–water partition coefficient (Wildman–Crippen LogP) is 5.45. The lowest BCUT2D eigenvalue weighted by molar-refractivity contribution is -0.126. The number of fused-ring (bicyclic) bond motifs is 2. The number of aromatic nitrogens is 1. The Hall–Kier alpha value is -3.16. The number of aromatic hydroxyl groups is 1. The molecule has 0 unspecified atom stereocenters. The fourth-order valence-electron chi connectivity index (χ4n) is 4.23. The molecule has 32 heavy (non-hydrogen) atoms. The second kappa shape index (κ2) is 8.07. The van der Waals surface area contributed by atoms with E-state index in [-0.39, 0.29) is 27.8 Å². The summed E-state index contributed by atoms with van der Waals surface area (Å²) in [6.07, 6.45) is 1.32. The monoisotopic (exact) mass is 467 g/mol. The summed E-state index contributed by atoms with van der Waals surface area (Å²) in [5, 5.41) is 13.5. The molecular formula is C24H19ClFN3O2S. The van der Waals surface area contributed by atoms with E-state index in [0.29, 0.717) is 37.1 Å². The highest BCUT2D eigenvalue weighted by atomic mass is 35.5. The van der Waals surface area contributed by atoms with Crippen LogP contribution >= 0.6 is 23.1 Å². The van der Waals surface area contributed by atoms with Gasteiger partial charge in [0.2, 0.25) is 5.91 Å². The normalized spacial score (nSPS) is 14.3. The van der Waals surface area contributed by atoms with Crippen LogP contribution < -0.4 is 4.90 Å². The van der Waals surface area contributed by atoms with Gasteiger partial charge in [0.15, 0.2) is 5.82 Å². The number of halogens is 2. The maximum atomic E-state index is 15.8. The van der Waals surface area contributed by atoms with Crippen molar-refractivity contribution in [2.24, 2.45) is 0 Å². The molecule has 0 atom stereocenters. The molecule has 1 amide bonds. The molecular weight excluding hydrogens is 449 g/mol. The van der Waals surface area contributed by atoms with Crippen LogP contribution in [0.4, 0.5) is 9.39 Å². The third-order valence-corrected chi connectivity index (χ3v) is 7.04. The van der Waals surface area contributed by atoms with Crippen LogP contribution in [0, 0.1) is 5.82 Å². The molecule has 0 spiro atoms. The fraction of sp³-hybridized carbons (Fsp3) is 0.167. The van der Waals surface area contributed by atoms with Gasteiger partial charge < -0.3 is 14.9 Å². The number of phenolic OH excluding ortho intramolecular Hbond substituents is 1. The summed E-state index contributed by atoms with van der Waals surface area (Å²) in [7, 11) is 0. The first-order chi connectivity index (χ1) is 15.5. The highest BCUT2D eigenvalue weighted by Gasteiger charge is 2.26. The lowest BCUT2D eigenvalue weighted by atomic mass is 9.96. The summed E-state index contributed by atoms with van der Waals surface area (Å²) in [4.78, 5) is 15.7. The molecule has 1 aliphatic heterocycles. The van der Waals surface area contributed by atoms with E-state index >= 15 is 4.39 Å². The average molecular weight is 468 g/mol. The van der Waals surface area contributed by atoms with Crippen LogP contribution in [0.1, 0.15) is 0 Å². The Morgan fingerprint density at radius 1 is 1.16 bits per heavy atom. The van der Waals surface area contributed by atoms with Gasteiger partial charge in [0.05, 0.1) is 5.02 Å². The molecule has 3 aromatic carbocycles. The van der Waals surface area contributed by atoms with Crippen molar-refractivity contribution in [2.45, 2.75) is 0 Å². The van der Waals surface area contributed by atoms with Gasteiger partial charge in [-0.15, -0.1) is 0 Å². The average Bonchev–Trinajstić information content (AvgIpc) is 3.22. The topological polar surface area (TPSA) is 56.7 Å². The number of nitrogens with zero attached hydrogens (tertiary/aromatic N) is 3. The number of benzene rings is 3. The fourth-order valence-corrected chi connectivity index (χ4v) is 5.44. The molecule has 2 heterocycles. The van der Waals surface area contributed by atoms with E-state index in [1.54, 1.807) is 17.0 Å². The van der Waals surface area contributed by atoms with Crippen molar-refractivity contribution in [2.75, 3.05) is 31.1 Å². The summed E-state index contributed by atoms with van der Waals surface area (Å²) < 4.78 is 20.2. The van der Waals surface area contributed by atoms with Gasteiger partial charge in [-0.3, -0.25) is 4.79 Å². The van der Waals surface area contributed by atoms with E-state index in [2.05, 4.69) is 15.9 Å². The second-order valence-corrected chi connectivity index (χ2v) is 8.82. The third-order valence-electron chi connectivity index (χ3n) is 5.82. The minimum absolute atomic E-state index is 0.0418. The van der Waals surface area contributed by atoms with Crippen LogP contribution in [-0.4, -0.2) is 46.5 Å². The Labute approximate surface area is 193 Å². The van der Waals surface area contributed by atoms with E-state index < -0.39 is 5.82 Å². The van der Waals surface area contributed by atoms with E-state index in [1.165, 1.54) is 23.7 Å². The predicted molar refractivity (Wildman–Crippen MR) is 128 cm³/mol. The molecule has 5 nitrogen and oxygen atoms in total. The summed E-state index contributed by atoms with van der Waals surface area (Å²) in [6, 6.07) is 12.4. The molecule has 0 aliphatic carbocycles. The van der Waals surface area contributed by atoms with Crippen LogP contribution in [0.15, 0.2) is 55.1 Å². The number of hydrogen-bond acceptors (Lipinski definition) is 5. The Balaban J connectivity index is 1.58. The van der Waals surface area contributed by atoms with Gasteiger partial charge in [-0.2, -0.15) is 4.37 Å². The number of hydrogen-bond donors (Lipinski definition) is 1. The number of anilines is 1. The first kappa shape index (κ1) is 20.7. The highest BCUT2D eigenvalue weighted by Crippen LogP contribution is 2.43. The standard InChI is InChI=1S/C24H19ClFN3O2S/c1-2-20(31)28-7-9-29(10-8-28)24-18-13-19(25)21(22(26)23(18)27-32-24)17-12-15(30)11-14-5-3-4-6-16(14)17/h2-6,11-13,30H,1,7-10H2. The summed E-state index contributed by atoms with van der Waals surface area (Å²) in [6.45, 7) is 5.90. The van der Waals surface area contributed by atoms with Gasteiger partial charge in [0, 0.05) is 37.1 Å². The molecule has 1 fully saturated rings. The minimum Gasteiger partial charge on any atom is -0.508 e. The van der Waals surface area contributed by atoms with Crippen LogP contribution in [0.3, 0.4) is 0 Å². The van der Waals surface area contributed by atoms with E-state index in [4.69, 9.17) is 11.6 Å². The smallest absolute Gasteiger partial charge is 0.246 e. The number of piperazine rings is 1. The zero-order valence-corrected chi connectivity index (χ0v) is 18.6. The molecule has 0 bridgehead atoms. The molecule has 1 N–H and O–H groups in total. The second-order valence-electron chi connectivity index (χ2n) is 7.66. The van der Waals surface area contributed by atoms with Crippen LogP contribution in [-0.2, 0) is 4.79 Å². The lowest BCUT2D eigenvalue weighted by Gasteiger charge is -2.34. The van der Waals surface area contributed by atoms with E-state index in [9.17, 15) is 9.90 Å². The Morgan fingerprint density at radius 3 is 2.66 bits per heavy atom. The van der Waals surface area contributed by atoms with Crippen molar-refractivity contribution in [1.82, 2.24) is 9.27 Å². The molecule has 5 rings (SSSR count). The maximum absolute atomic E-state index is 15.8. The van der Waals surface area contributed by atoms with Crippen molar-refractivity contribution in [1.29, 1.82) is 0 Å². The summed E-state index contributed by atoms with van der Waals surface area (Å²) in [5.41, 5.74) is 1.00. The third kappa shape index (κ3) is 3.38. The van der Waals surface area contributed by atoms with Crippen LogP contribution in [0.25, 0.3) is 32.8 Å². The Bertz CT molecular complexity index is 1380. The highest BCUT2D eigenvalue weighted by molar-refractivity contribution is 7.11. The van der Waals surface area contributed by atoms with Gasteiger partial charge >= 0.3 is 0 Å².